The van der Waals surface area contributed by atoms with Gasteiger partial charge in [0.15, 0.2) is 0 Å². The number of hydrogen-bond donors (Lipinski definition) is 2. The van der Waals surface area contributed by atoms with Crippen LogP contribution in [0.4, 0.5) is 0 Å². The van der Waals surface area contributed by atoms with Crippen molar-refractivity contribution in [3.8, 4) is 5.75 Å². The van der Waals surface area contributed by atoms with Gasteiger partial charge in [-0.15, -0.1) is 12.4 Å². The molecule has 0 saturated carbocycles. The van der Waals surface area contributed by atoms with E-state index in [0.717, 1.165) is 25.2 Å². The van der Waals surface area contributed by atoms with Gasteiger partial charge in [0.25, 0.3) is 0 Å². The second-order valence-electron chi connectivity index (χ2n) is 3.51. The number of nitrogens with zero attached hydrogens (tertiary/aromatic N) is 3. The minimum atomic E-state index is 0. The van der Waals surface area contributed by atoms with Gasteiger partial charge in [-0.25, -0.2) is 4.98 Å². The van der Waals surface area contributed by atoms with Crippen molar-refractivity contribution < 1.29 is 5.11 Å². The van der Waals surface area contributed by atoms with Crippen molar-refractivity contribution in [2.45, 2.75) is 13.1 Å². The molecular formula is C11H15ClN4O. The zero-order valence-electron chi connectivity index (χ0n) is 9.28. The highest BCUT2D eigenvalue weighted by molar-refractivity contribution is 5.85. The van der Waals surface area contributed by atoms with Crippen LogP contribution in [0.2, 0.25) is 0 Å². The van der Waals surface area contributed by atoms with Crippen molar-refractivity contribution in [3.63, 3.8) is 0 Å². The Morgan fingerprint density at radius 2 is 2.24 bits per heavy atom. The van der Waals surface area contributed by atoms with Gasteiger partial charge < -0.3 is 10.4 Å². The van der Waals surface area contributed by atoms with Crippen molar-refractivity contribution in [3.05, 3.63) is 42.5 Å². The fourth-order valence-electron chi connectivity index (χ4n) is 1.44. The van der Waals surface area contributed by atoms with Crippen LogP contribution in [0.15, 0.2) is 36.9 Å². The Labute approximate surface area is 106 Å². The highest BCUT2D eigenvalue weighted by atomic mass is 35.5. The van der Waals surface area contributed by atoms with E-state index in [1.807, 2.05) is 12.1 Å². The maximum absolute atomic E-state index is 9.27. The molecule has 2 N–H and O–H groups in total. The molecule has 0 fully saturated rings. The molecule has 0 amide bonds. The first-order valence-corrected chi connectivity index (χ1v) is 5.15. The van der Waals surface area contributed by atoms with Gasteiger partial charge in [-0.05, 0) is 17.7 Å². The Bertz CT molecular complexity index is 433. The molecule has 6 heteroatoms. The predicted octanol–water partition coefficient (Wildman–Crippen LogP) is 1.20. The number of benzene rings is 1. The predicted molar refractivity (Wildman–Crippen MR) is 67.1 cm³/mol. The van der Waals surface area contributed by atoms with Crippen LogP contribution >= 0.6 is 12.4 Å². The molecule has 0 atom stereocenters. The molecule has 0 aliphatic rings. The van der Waals surface area contributed by atoms with Crippen molar-refractivity contribution >= 4 is 12.4 Å². The summed E-state index contributed by atoms with van der Waals surface area (Å²) < 4.78 is 1.77. The van der Waals surface area contributed by atoms with Crippen LogP contribution in [0.1, 0.15) is 5.56 Å². The maximum Gasteiger partial charge on any atom is 0.137 e. The molecule has 2 aromatic rings. The van der Waals surface area contributed by atoms with Gasteiger partial charge in [-0.1, -0.05) is 12.1 Å². The smallest absolute Gasteiger partial charge is 0.137 e. The van der Waals surface area contributed by atoms with Crippen LogP contribution in [0, 0.1) is 0 Å². The summed E-state index contributed by atoms with van der Waals surface area (Å²) in [6.45, 7) is 2.35. The molecule has 0 spiro atoms. The maximum atomic E-state index is 9.27. The minimum absolute atomic E-state index is 0. The summed E-state index contributed by atoms with van der Waals surface area (Å²) in [5, 5.41) is 16.5. The molecule has 1 heterocycles. The van der Waals surface area contributed by atoms with Crippen LogP contribution < -0.4 is 5.32 Å². The minimum Gasteiger partial charge on any atom is -0.508 e. The third kappa shape index (κ3) is 4.42. The molecule has 92 valence electrons. The van der Waals surface area contributed by atoms with E-state index in [9.17, 15) is 5.11 Å². The lowest BCUT2D eigenvalue weighted by atomic mass is 10.2. The first-order chi connectivity index (χ1) is 7.84. The fraction of sp³-hybridized carbons (Fsp3) is 0.273. The zero-order chi connectivity index (χ0) is 11.2. The van der Waals surface area contributed by atoms with Crippen LogP contribution in [0.5, 0.6) is 5.75 Å². The number of nitrogens with one attached hydrogen (secondary N) is 1. The Kier molecular flexibility index (Phi) is 5.45. The number of rotatable bonds is 5. The molecule has 17 heavy (non-hydrogen) atoms. The summed E-state index contributed by atoms with van der Waals surface area (Å²) in [5.74, 6) is 0.301. The van der Waals surface area contributed by atoms with Gasteiger partial charge in [0.05, 0.1) is 6.54 Å². The van der Waals surface area contributed by atoms with Crippen molar-refractivity contribution in [2.75, 3.05) is 6.54 Å². The number of phenolic OH excluding ortho intramolecular Hbond substituents is 1. The molecule has 5 nitrogen and oxygen atoms in total. The van der Waals surface area contributed by atoms with E-state index >= 15 is 0 Å². The van der Waals surface area contributed by atoms with E-state index in [-0.39, 0.29) is 12.4 Å². The highest BCUT2D eigenvalue weighted by Gasteiger charge is 1.95. The summed E-state index contributed by atoms with van der Waals surface area (Å²) in [4.78, 5) is 3.86. The summed E-state index contributed by atoms with van der Waals surface area (Å²) in [5.41, 5.74) is 1.07. The SMILES string of the molecule is Cl.Oc1cccc(CNCCn2cncn2)c1. The first-order valence-electron chi connectivity index (χ1n) is 5.15. The van der Waals surface area contributed by atoms with Crippen LogP contribution in [-0.2, 0) is 13.1 Å². The van der Waals surface area contributed by atoms with Crippen LogP contribution in [0.25, 0.3) is 0 Å². The molecule has 0 radical (unpaired) electrons. The third-order valence-corrected chi connectivity index (χ3v) is 2.22. The van der Waals surface area contributed by atoms with E-state index in [1.54, 1.807) is 23.1 Å². The van der Waals surface area contributed by atoms with Gasteiger partial charge in [0.2, 0.25) is 0 Å². The molecule has 0 bridgehead atoms. The zero-order valence-corrected chi connectivity index (χ0v) is 10.1. The van der Waals surface area contributed by atoms with Gasteiger partial charge in [0.1, 0.15) is 18.4 Å². The Morgan fingerprint density at radius 3 is 2.94 bits per heavy atom. The molecule has 0 unspecified atom stereocenters. The number of halogens is 1. The Hall–Kier alpha value is -1.59. The van der Waals surface area contributed by atoms with Crippen molar-refractivity contribution in [1.29, 1.82) is 0 Å². The highest BCUT2D eigenvalue weighted by Crippen LogP contribution is 2.10. The number of phenols is 1. The normalized spacial score (nSPS) is 9.88. The molecule has 1 aromatic carbocycles. The standard InChI is InChI=1S/C11H14N4O.ClH/c16-11-3-1-2-10(6-11)7-12-4-5-15-9-13-8-14-15;/h1-3,6,8-9,12,16H,4-5,7H2;1H. The molecular weight excluding hydrogens is 240 g/mol. The van der Waals surface area contributed by atoms with E-state index < -0.39 is 0 Å². The lowest BCUT2D eigenvalue weighted by Gasteiger charge is -2.05. The first kappa shape index (κ1) is 13.5. The molecule has 0 saturated heterocycles. The summed E-state index contributed by atoms with van der Waals surface area (Å²) >= 11 is 0. The number of aromatic nitrogens is 3. The van der Waals surface area contributed by atoms with Crippen molar-refractivity contribution in [2.24, 2.45) is 0 Å². The summed E-state index contributed by atoms with van der Waals surface area (Å²) in [6, 6.07) is 7.23. The van der Waals surface area contributed by atoms with E-state index in [4.69, 9.17) is 0 Å². The van der Waals surface area contributed by atoms with Gasteiger partial charge >= 0.3 is 0 Å². The fourth-order valence-corrected chi connectivity index (χ4v) is 1.44. The quantitative estimate of drug-likeness (QED) is 0.787. The van der Waals surface area contributed by atoms with Gasteiger partial charge in [-0.3, -0.25) is 4.68 Å². The van der Waals surface area contributed by atoms with Crippen molar-refractivity contribution in [1.82, 2.24) is 20.1 Å². The van der Waals surface area contributed by atoms with E-state index in [0.29, 0.717) is 5.75 Å². The average molecular weight is 255 g/mol. The Balaban J connectivity index is 0.00000144. The topological polar surface area (TPSA) is 63.0 Å². The van der Waals surface area contributed by atoms with Crippen LogP contribution in [-0.4, -0.2) is 26.4 Å². The lowest BCUT2D eigenvalue weighted by molar-refractivity contribution is 0.473. The lowest BCUT2D eigenvalue weighted by Crippen LogP contribution is -2.19. The largest absolute Gasteiger partial charge is 0.508 e. The van der Waals surface area contributed by atoms with E-state index in [2.05, 4.69) is 15.4 Å². The number of hydrogen-bond acceptors (Lipinski definition) is 4. The second kappa shape index (κ2) is 6.88. The van der Waals surface area contributed by atoms with Crippen LogP contribution in [0.3, 0.4) is 0 Å². The molecule has 0 aliphatic heterocycles. The molecule has 0 aliphatic carbocycles. The molecule has 2 rings (SSSR count). The third-order valence-electron chi connectivity index (χ3n) is 2.22. The summed E-state index contributed by atoms with van der Waals surface area (Å²) in [7, 11) is 0. The monoisotopic (exact) mass is 254 g/mol. The molecule has 1 aromatic heterocycles. The second-order valence-corrected chi connectivity index (χ2v) is 3.51. The van der Waals surface area contributed by atoms with Gasteiger partial charge in [-0.2, -0.15) is 5.10 Å². The van der Waals surface area contributed by atoms with E-state index in [1.165, 1.54) is 6.33 Å². The average Bonchev–Trinajstić information content (AvgIpc) is 2.77. The van der Waals surface area contributed by atoms with Gasteiger partial charge in [0, 0.05) is 13.1 Å². The number of aromatic hydroxyl groups is 1. The Morgan fingerprint density at radius 1 is 1.35 bits per heavy atom. The summed E-state index contributed by atoms with van der Waals surface area (Å²) in [6.07, 6.45) is 3.21.